The Morgan fingerprint density at radius 1 is 1.37 bits per heavy atom. The van der Waals surface area contributed by atoms with Crippen molar-refractivity contribution < 1.29 is 13.2 Å². The molecule has 2 rings (SSSR count). The van der Waals surface area contributed by atoms with E-state index in [4.69, 9.17) is 5.73 Å². The van der Waals surface area contributed by atoms with E-state index >= 15 is 0 Å². The number of benzene rings is 1. The predicted molar refractivity (Wildman–Crippen MR) is 72.6 cm³/mol. The monoisotopic (exact) mass is 336 g/mol. The van der Waals surface area contributed by atoms with Gasteiger partial charge in [0.15, 0.2) is 0 Å². The molecule has 0 bridgehead atoms. The first-order valence-electron chi connectivity index (χ1n) is 6.19. The topological polar surface area (TPSA) is 29.3 Å². The molecule has 1 unspecified atom stereocenters. The highest BCUT2D eigenvalue weighted by Gasteiger charge is 2.41. The Kier molecular flexibility index (Phi) is 4.40. The molecule has 19 heavy (non-hydrogen) atoms. The van der Waals surface area contributed by atoms with Crippen molar-refractivity contribution in [2.45, 2.75) is 25.6 Å². The molecule has 0 amide bonds. The third-order valence-electron chi connectivity index (χ3n) is 3.47. The van der Waals surface area contributed by atoms with Gasteiger partial charge in [0.05, 0.1) is 5.92 Å². The third kappa shape index (κ3) is 3.86. The SMILES string of the molecule is Nc1cc(Br)ccc1CN1CCCC(C(F)(F)F)C1. The Labute approximate surface area is 118 Å². The van der Waals surface area contributed by atoms with Gasteiger partial charge in [-0.1, -0.05) is 22.0 Å². The van der Waals surface area contributed by atoms with Gasteiger partial charge in [-0.25, -0.2) is 0 Å². The number of nitrogens with two attached hydrogens (primary N) is 1. The molecule has 6 heteroatoms. The fourth-order valence-corrected chi connectivity index (χ4v) is 2.80. The van der Waals surface area contributed by atoms with E-state index in [0.29, 0.717) is 25.2 Å². The Bertz CT molecular complexity index is 448. The number of alkyl halides is 3. The number of piperidine rings is 1. The van der Waals surface area contributed by atoms with Crippen LogP contribution in [-0.4, -0.2) is 24.2 Å². The molecule has 1 aromatic carbocycles. The number of likely N-dealkylation sites (tertiary alicyclic amines) is 1. The van der Waals surface area contributed by atoms with Gasteiger partial charge in [-0.15, -0.1) is 0 Å². The summed E-state index contributed by atoms with van der Waals surface area (Å²) in [6.07, 6.45) is -3.28. The highest BCUT2D eigenvalue weighted by Crippen LogP contribution is 2.33. The molecule has 1 atom stereocenters. The highest BCUT2D eigenvalue weighted by atomic mass is 79.9. The molecule has 2 N–H and O–H groups in total. The summed E-state index contributed by atoms with van der Waals surface area (Å²) in [4.78, 5) is 1.83. The summed E-state index contributed by atoms with van der Waals surface area (Å²) in [6.45, 7) is 1.24. The molecule has 0 aliphatic carbocycles. The number of rotatable bonds is 2. The number of anilines is 1. The van der Waals surface area contributed by atoms with Crippen LogP contribution in [-0.2, 0) is 6.54 Å². The van der Waals surface area contributed by atoms with Gasteiger partial charge in [-0.3, -0.25) is 4.90 Å². The van der Waals surface area contributed by atoms with Crippen LogP contribution in [0.1, 0.15) is 18.4 Å². The van der Waals surface area contributed by atoms with E-state index in [1.54, 1.807) is 6.07 Å². The molecule has 0 aromatic heterocycles. The summed E-state index contributed by atoms with van der Waals surface area (Å²) in [5, 5.41) is 0. The van der Waals surface area contributed by atoms with Crippen molar-refractivity contribution in [3.63, 3.8) is 0 Å². The smallest absolute Gasteiger partial charge is 0.393 e. The molecule has 1 heterocycles. The maximum atomic E-state index is 12.7. The lowest BCUT2D eigenvalue weighted by Gasteiger charge is -2.33. The lowest BCUT2D eigenvalue weighted by molar-refractivity contribution is -0.187. The van der Waals surface area contributed by atoms with Gasteiger partial charge in [-0.2, -0.15) is 13.2 Å². The van der Waals surface area contributed by atoms with Crippen LogP contribution in [0.3, 0.4) is 0 Å². The van der Waals surface area contributed by atoms with Gasteiger partial charge in [0.25, 0.3) is 0 Å². The number of nitrogens with zero attached hydrogens (tertiary/aromatic N) is 1. The first-order chi connectivity index (χ1) is 8.86. The molecule has 2 nitrogen and oxygen atoms in total. The number of hydrogen-bond acceptors (Lipinski definition) is 2. The van der Waals surface area contributed by atoms with Gasteiger partial charge in [0, 0.05) is 23.2 Å². The molecular weight excluding hydrogens is 321 g/mol. The van der Waals surface area contributed by atoms with Crippen LogP contribution in [0.15, 0.2) is 22.7 Å². The maximum absolute atomic E-state index is 12.7. The molecule has 1 aromatic rings. The molecule has 1 saturated heterocycles. The van der Waals surface area contributed by atoms with Gasteiger partial charge in [0.1, 0.15) is 0 Å². The quantitative estimate of drug-likeness (QED) is 0.832. The average Bonchev–Trinajstić information content (AvgIpc) is 2.32. The normalized spacial score (nSPS) is 21.6. The van der Waals surface area contributed by atoms with Crippen LogP contribution >= 0.6 is 15.9 Å². The van der Waals surface area contributed by atoms with E-state index in [0.717, 1.165) is 10.0 Å². The largest absolute Gasteiger partial charge is 0.398 e. The van der Waals surface area contributed by atoms with Crippen LogP contribution in [0, 0.1) is 5.92 Å². The summed E-state index contributed by atoms with van der Waals surface area (Å²) in [7, 11) is 0. The summed E-state index contributed by atoms with van der Waals surface area (Å²) in [5.74, 6) is -1.21. The van der Waals surface area contributed by atoms with E-state index in [1.165, 1.54) is 0 Å². The van der Waals surface area contributed by atoms with Gasteiger partial charge >= 0.3 is 6.18 Å². The predicted octanol–water partition coefficient (Wildman–Crippen LogP) is 3.81. The molecule has 0 spiro atoms. The Morgan fingerprint density at radius 2 is 2.11 bits per heavy atom. The van der Waals surface area contributed by atoms with Crippen LogP contribution in [0.5, 0.6) is 0 Å². The Morgan fingerprint density at radius 3 is 2.74 bits per heavy atom. The molecule has 1 aliphatic heterocycles. The van der Waals surface area contributed by atoms with Gasteiger partial charge < -0.3 is 5.73 Å². The second-order valence-corrected chi connectivity index (χ2v) is 5.87. The molecular formula is C13H16BrF3N2. The minimum absolute atomic E-state index is 0.0685. The first-order valence-corrected chi connectivity index (χ1v) is 6.98. The van der Waals surface area contributed by atoms with Crippen LogP contribution in [0.25, 0.3) is 0 Å². The zero-order valence-corrected chi connectivity index (χ0v) is 12.0. The van der Waals surface area contributed by atoms with Gasteiger partial charge in [0.2, 0.25) is 0 Å². The molecule has 1 fully saturated rings. The number of nitrogen functional groups attached to an aromatic ring is 1. The van der Waals surface area contributed by atoms with Crippen molar-refractivity contribution in [2.24, 2.45) is 5.92 Å². The summed E-state index contributed by atoms with van der Waals surface area (Å²) in [5.41, 5.74) is 7.38. The first kappa shape index (κ1) is 14.7. The van der Waals surface area contributed by atoms with Crippen molar-refractivity contribution >= 4 is 21.6 Å². The summed E-state index contributed by atoms with van der Waals surface area (Å²) >= 11 is 3.31. The second kappa shape index (κ2) is 5.71. The standard InChI is InChI=1S/C13H16BrF3N2/c14-11-4-3-9(12(18)6-11)7-19-5-1-2-10(8-19)13(15,16)17/h3-4,6,10H,1-2,5,7-8,18H2. The van der Waals surface area contributed by atoms with Crippen LogP contribution in [0.2, 0.25) is 0 Å². The average molecular weight is 337 g/mol. The fourth-order valence-electron chi connectivity index (χ4n) is 2.42. The lowest BCUT2D eigenvalue weighted by Crippen LogP contribution is -2.41. The third-order valence-corrected chi connectivity index (χ3v) is 3.96. The lowest BCUT2D eigenvalue weighted by atomic mass is 9.97. The molecule has 1 aliphatic rings. The zero-order valence-electron chi connectivity index (χ0n) is 10.4. The number of halogens is 4. The zero-order chi connectivity index (χ0) is 14.0. The van der Waals surface area contributed by atoms with E-state index in [9.17, 15) is 13.2 Å². The molecule has 106 valence electrons. The van der Waals surface area contributed by atoms with Gasteiger partial charge in [-0.05, 0) is 37.1 Å². The summed E-state index contributed by atoms with van der Waals surface area (Å²) < 4.78 is 39.1. The fraction of sp³-hybridized carbons (Fsp3) is 0.538. The van der Waals surface area contributed by atoms with Crippen molar-refractivity contribution in [1.82, 2.24) is 4.90 Å². The minimum atomic E-state index is -4.09. The van der Waals surface area contributed by atoms with Crippen molar-refractivity contribution in [3.8, 4) is 0 Å². The minimum Gasteiger partial charge on any atom is -0.398 e. The van der Waals surface area contributed by atoms with Crippen LogP contribution < -0.4 is 5.73 Å². The van der Waals surface area contributed by atoms with Crippen LogP contribution in [0.4, 0.5) is 18.9 Å². The van der Waals surface area contributed by atoms with Crippen molar-refractivity contribution in [2.75, 3.05) is 18.8 Å². The molecule has 0 radical (unpaired) electrons. The highest BCUT2D eigenvalue weighted by molar-refractivity contribution is 9.10. The van der Waals surface area contributed by atoms with Crippen molar-refractivity contribution in [3.05, 3.63) is 28.2 Å². The molecule has 0 saturated carbocycles. The summed E-state index contributed by atoms with van der Waals surface area (Å²) in [6, 6.07) is 5.49. The second-order valence-electron chi connectivity index (χ2n) is 4.96. The Balaban J connectivity index is 2.03. The Hall–Kier alpha value is -0.750. The van der Waals surface area contributed by atoms with E-state index < -0.39 is 12.1 Å². The van der Waals surface area contributed by atoms with E-state index in [2.05, 4.69) is 15.9 Å². The van der Waals surface area contributed by atoms with Crippen molar-refractivity contribution in [1.29, 1.82) is 0 Å². The van der Waals surface area contributed by atoms with E-state index in [1.807, 2.05) is 17.0 Å². The van der Waals surface area contributed by atoms with E-state index in [-0.39, 0.29) is 13.0 Å². The maximum Gasteiger partial charge on any atom is 0.393 e. The number of hydrogen-bond donors (Lipinski definition) is 1.